The highest BCUT2D eigenvalue weighted by molar-refractivity contribution is 8.00. The second-order valence-electron chi connectivity index (χ2n) is 6.11. The molecule has 134 valence electrons. The van der Waals surface area contributed by atoms with Gasteiger partial charge in [0.15, 0.2) is 9.84 Å². The van der Waals surface area contributed by atoms with E-state index in [0.29, 0.717) is 17.5 Å². The lowest BCUT2D eigenvalue weighted by atomic mass is 10.1. The Morgan fingerprint density at radius 3 is 2.88 bits per heavy atom. The fourth-order valence-corrected chi connectivity index (χ4v) is 4.95. The lowest BCUT2D eigenvalue weighted by molar-refractivity contribution is -0.120. The first-order chi connectivity index (χ1) is 11.8. The van der Waals surface area contributed by atoms with Crippen LogP contribution in [-0.4, -0.2) is 47.3 Å². The number of nitrogens with zero attached hydrogens (tertiary/aromatic N) is 2. The summed E-state index contributed by atoms with van der Waals surface area (Å²) in [6.45, 7) is 3.70. The summed E-state index contributed by atoms with van der Waals surface area (Å²) in [6.07, 6.45) is 0.462. The molecule has 2 heterocycles. The first-order valence-electron chi connectivity index (χ1n) is 7.90. The highest BCUT2D eigenvalue weighted by atomic mass is 32.2. The van der Waals surface area contributed by atoms with Crippen LogP contribution in [0.25, 0.3) is 11.5 Å². The predicted octanol–water partition coefficient (Wildman–Crippen LogP) is 1.83. The Kier molecular flexibility index (Phi) is 5.14. The van der Waals surface area contributed by atoms with Gasteiger partial charge in [0.1, 0.15) is 0 Å². The van der Waals surface area contributed by atoms with E-state index in [-0.39, 0.29) is 23.5 Å². The van der Waals surface area contributed by atoms with Crippen molar-refractivity contribution in [3.05, 3.63) is 29.8 Å². The molecule has 1 N–H and O–H groups in total. The lowest BCUT2D eigenvalue weighted by Gasteiger charge is -2.14. The third kappa shape index (κ3) is 4.60. The van der Waals surface area contributed by atoms with Gasteiger partial charge in [-0.25, -0.2) is 8.42 Å². The van der Waals surface area contributed by atoms with Gasteiger partial charge in [-0.15, -0.1) is 10.2 Å². The van der Waals surface area contributed by atoms with Crippen molar-refractivity contribution in [2.24, 2.45) is 0 Å². The smallest absolute Gasteiger partial charge is 0.277 e. The van der Waals surface area contributed by atoms with Crippen LogP contribution in [-0.2, 0) is 14.6 Å². The van der Waals surface area contributed by atoms with Gasteiger partial charge in [0, 0.05) is 11.6 Å². The highest BCUT2D eigenvalue weighted by Crippen LogP contribution is 2.26. The number of aryl methyl sites for hydroxylation is 1. The van der Waals surface area contributed by atoms with Gasteiger partial charge in [0.2, 0.25) is 11.8 Å². The van der Waals surface area contributed by atoms with Gasteiger partial charge >= 0.3 is 0 Å². The van der Waals surface area contributed by atoms with E-state index in [2.05, 4.69) is 15.5 Å². The average molecular weight is 381 g/mol. The molecule has 1 saturated heterocycles. The maximum Gasteiger partial charge on any atom is 0.277 e. The molecule has 1 amide bonds. The van der Waals surface area contributed by atoms with Crippen LogP contribution >= 0.6 is 11.8 Å². The number of rotatable bonds is 5. The first kappa shape index (κ1) is 17.9. The molecule has 0 saturated carbocycles. The molecule has 7 nitrogen and oxygen atoms in total. The van der Waals surface area contributed by atoms with E-state index in [9.17, 15) is 13.2 Å². The Labute approximate surface area is 150 Å². The summed E-state index contributed by atoms with van der Waals surface area (Å²) >= 11 is 1.15. The third-order valence-electron chi connectivity index (χ3n) is 3.90. The fraction of sp³-hybridized carbons (Fsp3) is 0.438. The second-order valence-corrected chi connectivity index (χ2v) is 9.63. The zero-order valence-electron chi connectivity index (χ0n) is 13.9. The number of benzene rings is 1. The third-order valence-corrected chi connectivity index (χ3v) is 6.60. The molecule has 25 heavy (non-hydrogen) atoms. The van der Waals surface area contributed by atoms with Gasteiger partial charge in [-0.2, -0.15) is 0 Å². The molecule has 1 aliphatic rings. The number of nitrogens with one attached hydrogen (secondary N) is 1. The van der Waals surface area contributed by atoms with Crippen LogP contribution in [0.5, 0.6) is 0 Å². The van der Waals surface area contributed by atoms with Crippen molar-refractivity contribution >= 4 is 27.5 Å². The molecule has 0 spiro atoms. The number of hydrogen-bond donors (Lipinski definition) is 1. The Morgan fingerprint density at radius 1 is 1.40 bits per heavy atom. The summed E-state index contributed by atoms with van der Waals surface area (Å²) in [6, 6.07) is 7.40. The van der Waals surface area contributed by atoms with Crippen molar-refractivity contribution in [2.75, 3.05) is 11.5 Å². The van der Waals surface area contributed by atoms with Gasteiger partial charge in [0.25, 0.3) is 5.22 Å². The first-order valence-corrected chi connectivity index (χ1v) is 10.6. The number of hydrogen-bond acceptors (Lipinski definition) is 7. The SMILES string of the molecule is Cc1cccc(-c2nnc(S[C@H](C)C(=O)N[C@@H]3CCS(=O)(=O)C3)o2)c1. The molecule has 0 aliphatic carbocycles. The maximum absolute atomic E-state index is 12.2. The van der Waals surface area contributed by atoms with Crippen molar-refractivity contribution in [1.82, 2.24) is 15.5 Å². The van der Waals surface area contributed by atoms with Crippen LogP contribution < -0.4 is 5.32 Å². The minimum atomic E-state index is -3.02. The molecule has 0 unspecified atom stereocenters. The molecule has 3 rings (SSSR count). The van der Waals surface area contributed by atoms with E-state index in [1.165, 1.54) is 0 Å². The Balaban J connectivity index is 1.59. The molecule has 1 fully saturated rings. The van der Waals surface area contributed by atoms with Crippen LogP contribution in [0, 0.1) is 6.92 Å². The molecule has 2 aromatic rings. The molecule has 9 heteroatoms. The molecular formula is C16H19N3O4S2. The van der Waals surface area contributed by atoms with Crippen molar-refractivity contribution in [3.8, 4) is 11.5 Å². The lowest BCUT2D eigenvalue weighted by Crippen LogP contribution is -2.39. The number of carbonyl (C=O) groups excluding carboxylic acids is 1. The molecule has 1 aliphatic heterocycles. The van der Waals surface area contributed by atoms with Gasteiger partial charge < -0.3 is 9.73 Å². The topological polar surface area (TPSA) is 102 Å². The maximum atomic E-state index is 12.2. The Hall–Kier alpha value is -1.87. The average Bonchev–Trinajstić information content (AvgIpc) is 3.13. The standard InChI is InChI=1S/C16H19N3O4S2/c1-10-4-3-5-12(8-10)15-18-19-16(23-15)24-11(2)14(20)17-13-6-7-25(21,22)9-13/h3-5,8,11,13H,6-7,9H2,1-2H3,(H,17,20)/t11-,13-/m1/s1. The van der Waals surface area contributed by atoms with Gasteiger partial charge in [-0.05, 0) is 32.4 Å². The van der Waals surface area contributed by atoms with Crippen molar-refractivity contribution in [3.63, 3.8) is 0 Å². The quantitative estimate of drug-likeness (QED) is 0.788. The summed E-state index contributed by atoms with van der Waals surface area (Å²) in [5.41, 5.74) is 1.91. The minimum absolute atomic E-state index is 0.00813. The molecule has 2 atom stereocenters. The van der Waals surface area contributed by atoms with Crippen LogP contribution in [0.1, 0.15) is 18.9 Å². The van der Waals surface area contributed by atoms with E-state index in [1.54, 1.807) is 6.92 Å². The Morgan fingerprint density at radius 2 is 2.20 bits per heavy atom. The minimum Gasteiger partial charge on any atom is -0.411 e. The molecular weight excluding hydrogens is 362 g/mol. The fourth-order valence-electron chi connectivity index (χ4n) is 2.58. The zero-order chi connectivity index (χ0) is 18.0. The van der Waals surface area contributed by atoms with Gasteiger partial charge in [-0.1, -0.05) is 29.5 Å². The normalized spacial score (nSPS) is 20.3. The predicted molar refractivity (Wildman–Crippen MR) is 95.0 cm³/mol. The van der Waals surface area contributed by atoms with E-state index in [4.69, 9.17) is 4.42 Å². The van der Waals surface area contributed by atoms with Crippen molar-refractivity contribution in [2.45, 2.75) is 36.8 Å². The number of aromatic nitrogens is 2. The summed E-state index contributed by atoms with van der Waals surface area (Å²) in [5.74, 6) is 0.306. The molecule has 0 radical (unpaired) electrons. The van der Waals surface area contributed by atoms with Crippen LogP contribution in [0.15, 0.2) is 33.9 Å². The summed E-state index contributed by atoms with van der Waals surface area (Å²) in [4.78, 5) is 12.2. The van der Waals surface area contributed by atoms with Crippen molar-refractivity contribution < 1.29 is 17.6 Å². The van der Waals surface area contributed by atoms with E-state index >= 15 is 0 Å². The summed E-state index contributed by atoms with van der Waals surface area (Å²) in [5, 5.41) is 10.6. The number of sulfone groups is 1. The second kappa shape index (κ2) is 7.17. The number of thioether (sulfide) groups is 1. The number of amides is 1. The number of carbonyl (C=O) groups is 1. The largest absolute Gasteiger partial charge is 0.411 e. The van der Waals surface area contributed by atoms with E-state index in [1.807, 2.05) is 31.2 Å². The van der Waals surface area contributed by atoms with Crippen molar-refractivity contribution in [1.29, 1.82) is 0 Å². The van der Waals surface area contributed by atoms with E-state index in [0.717, 1.165) is 22.9 Å². The van der Waals surface area contributed by atoms with Crippen LogP contribution in [0.4, 0.5) is 0 Å². The summed E-state index contributed by atoms with van der Waals surface area (Å²) < 4.78 is 28.5. The molecule has 0 bridgehead atoms. The van der Waals surface area contributed by atoms with Gasteiger partial charge in [-0.3, -0.25) is 4.79 Å². The zero-order valence-corrected chi connectivity index (χ0v) is 15.6. The van der Waals surface area contributed by atoms with Crippen LogP contribution in [0.3, 0.4) is 0 Å². The highest BCUT2D eigenvalue weighted by Gasteiger charge is 2.30. The molecule has 1 aromatic carbocycles. The monoisotopic (exact) mass is 381 g/mol. The Bertz CT molecular complexity index is 879. The van der Waals surface area contributed by atoms with E-state index < -0.39 is 15.1 Å². The van der Waals surface area contributed by atoms with Gasteiger partial charge in [0.05, 0.1) is 16.8 Å². The molecule has 1 aromatic heterocycles. The summed E-state index contributed by atoms with van der Waals surface area (Å²) in [7, 11) is -3.02. The van der Waals surface area contributed by atoms with Crippen LogP contribution in [0.2, 0.25) is 0 Å².